The van der Waals surface area contributed by atoms with Crippen molar-refractivity contribution in [1.82, 2.24) is 0 Å². The van der Waals surface area contributed by atoms with Crippen molar-refractivity contribution in [1.29, 1.82) is 0 Å². The van der Waals surface area contributed by atoms with Crippen LogP contribution >= 0.6 is 0 Å². The molecule has 0 radical (unpaired) electrons. The second-order valence-corrected chi connectivity index (χ2v) is 6.25. The van der Waals surface area contributed by atoms with Crippen molar-refractivity contribution in [2.24, 2.45) is 0 Å². The first-order valence-electron chi connectivity index (χ1n) is 8.69. The Morgan fingerprint density at radius 3 is 2.50 bits per heavy atom. The summed E-state index contributed by atoms with van der Waals surface area (Å²) in [6.45, 7) is 4.77. The molecular formula is C21H23NO6. The molecular weight excluding hydrogens is 362 g/mol. The van der Waals surface area contributed by atoms with Crippen molar-refractivity contribution in [2.45, 2.75) is 26.9 Å². The third kappa shape index (κ3) is 5.84. The van der Waals surface area contributed by atoms with Gasteiger partial charge in [0.2, 0.25) is 0 Å². The first kappa shape index (κ1) is 21.0. The number of hydrogen-bond acceptors (Lipinski definition) is 6. The summed E-state index contributed by atoms with van der Waals surface area (Å²) in [5.74, 6) is -1.15. The molecule has 1 atom stereocenters. The molecule has 0 bridgehead atoms. The summed E-state index contributed by atoms with van der Waals surface area (Å²) in [7, 11) is 1.28. The van der Waals surface area contributed by atoms with Crippen molar-refractivity contribution in [2.75, 3.05) is 19.0 Å². The van der Waals surface area contributed by atoms with Gasteiger partial charge in [0.25, 0.3) is 5.91 Å². The molecule has 0 aliphatic rings. The zero-order valence-corrected chi connectivity index (χ0v) is 16.3. The minimum Gasteiger partial charge on any atom is -0.479 e. The van der Waals surface area contributed by atoms with E-state index in [1.165, 1.54) is 13.2 Å². The maximum Gasteiger partial charge on any atom is 0.347 e. The van der Waals surface area contributed by atoms with Crippen LogP contribution in [0.25, 0.3) is 0 Å². The molecule has 1 amide bonds. The molecule has 0 aliphatic carbocycles. The summed E-state index contributed by atoms with van der Waals surface area (Å²) in [6, 6.07) is 12.1. The number of anilines is 1. The molecule has 0 heterocycles. The van der Waals surface area contributed by atoms with E-state index in [0.717, 1.165) is 11.1 Å². The summed E-state index contributed by atoms with van der Waals surface area (Å²) in [5.41, 5.74) is 2.50. The lowest BCUT2D eigenvalue weighted by molar-refractivity contribution is -0.153. The van der Waals surface area contributed by atoms with Crippen LogP contribution in [-0.2, 0) is 19.1 Å². The molecule has 2 aromatic carbocycles. The van der Waals surface area contributed by atoms with Crippen molar-refractivity contribution in [3.63, 3.8) is 0 Å². The Labute approximate surface area is 163 Å². The van der Waals surface area contributed by atoms with Gasteiger partial charge in [-0.05, 0) is 56.2 Å². The molecule has 0 saturated carbocycles. The summed E-state index contributed by atoms with van der Waals surface area (Å²) in [5, 5.41) is 2.62. The maximum atomic E-state index is 12.1. The van der Waals surface area contributed by atoms with E-state index >= 15 is 0 Å². The lowest BCUT2D eigenvalue weighted by Gasteiger charge is -2.15. The van der Waals surface area contributed by atoms with Crippen LogP contribution in [0.15, 0.2) is 42.5 Å². The summed E-state index contributed by atoms with van der Waals surface area (Å²) in [4.78, 5) is 35.8. The zero-order chi connectivity index (χ0) is 20.7. The van der Waals surface area contributed by atoms with Crippen LogP contribution in [0.2, 0.25) is 0 Å². The molecule has 0 saturated heterocycles. The fourth-order valence-corrected chi connectivity index (χ4v) is 2.38. The first-order chi connectivity index (χ1) is 13.3. The molecule has 0 aliphatic heterocycles. The highest BCUT2D eigenvalue weighted by molar-refractivity contribution is 5.96. The first-order valence-corrected chi connectivity index (χ1v) is 8.69. The van der Waals surface area contributed by atoms with E-state index in [0.29, 0.717) is 17.0 Å². The van der Waals surface area contributed by atoms with E-state index in [1.807, 2.05) is 19.1 Å². The second-order valence-electron chi connectivity index (χ2n) is 6.25. The van der Waals surface area contributed by atoms with E-state index in [9.17, 15) is 14.4 Å². The Balaban J connectivity index is 1.89. The number of hydrogen-bond donors (Lipinski definition) is 1. The second kappa shape index (κ2) is 9.55. The number of aryl methyl sites for hydroxylation is 2. The summed E-state index contributed by atoms with van der Waals surface area (Å²) < 4.78 is 15.2. The highest BCUT2D eigenvalue weighted by Crippen LogP contribution is 2.18. The molecule has 1 N–H and O–H groups in total. The van der Waals surface area contributed by atoms with Gasteiger partial charge in [0, 0.05) is 5.69 Å². The zero-order valence-electron chi connectivity index (χ0n) is 16.3. The van der Waals surface area contributed by atoms with Gasteiger partial charge in [0.05, 0.1) is 12.7 Å². The molecule has 2 aromatic rings. The van der Waals surface area contributed by atoms with E-state index in [-0.39, 0.29) is 0 Å². The number of methoxy groups -OCH3 is 1. The number of esters is 2. The number of amides is 1. The van der Waals surface area contributed by atoms with Gasteiger partial charge in [-0.15, -0.1) is 0 Å². The Morgan fingerprint density at radius 2 is 1.82 bits per heavy atom. The van der Waals surface area contributed by atoms with Crippen LogP contribution in [-0.4, -0.2) is 37.7 Å². The van der Waals surface area contributed by atoms with E-state index < -0.39 is 30.6 Å². The van der Waals surface area contributed by atoms with Crippen LogP contribution in [0.3, 0.4) is 0 Å². The molecule has 148 valence electrons. The van der Waals surface area contributed by atoms with Gasteiger partial charge >= 0.3 is 11.9 Å². The van der Waals surface area contributed by atoms with Gasteiger partial charge in [-0.1, -0.05) is 18.2 Å². The number of nitrogens with one attached hydrogen (secondary N) is 1. The number of ether oxygens (including phenoxy) is 3. The average molecular weight is 385 g/mol. The van der Waals surface area contributed by atoms with Crippen molar-refractivity contribution < 1.29 is 28.6 Å². The average Bonchev–Trinajstić information content (AvgIpc) is 2.67. The smallest absolute Gasteiger partial charge is 0.347 e. The van der Waals surface area contributed by atoms with E-state index in [2.05, 4.69) is 10.1 Å². The van der Waals surface area contributed by atoms with Gasteiger partial charge in [0.1, 0.15) is 5.75 Å². The van der Waals surface area contributed by atoms with Gasteiger partial charge in [-0.2, -0.15) is 0 Å². The third-order valence-electron chi connectivity index (χ3n) is 3.91. The van der Waals surface area contributed by atoms with E-state index in [1.54, 1.807) is 38.1 Å². The number of carbonyl (C=O) groups is 3. The Bertz CT molecular complexity index is 877. The highest BCUT2D eigenvalue weighted by atomic mass is 16.6. The van der Waals surface area contributed by atoms with Gasteiger partial charge in [-0.25, -0.2) is 9.59 Å². The van der Waals surface area contributed by atoms with Gasteiger partial charge < -0.3 is 19.5 Å². The maximum absolute atomic E-state index is 12.1. The number of rotatable bonds is 7. The Hall–Kier alpha value is -3.35. The number of benzene rings is 2. The van der Waals surface area contributed by atoms with Gasteiger partial charge in [0.15, 0.2) is 12.7 Å². The molecule has 0 fully saturated rings. The van der Waals surface area contributed by atoms with Crippen LogP contribution in [0.4, 0.5) is 5.69 Å². The van der Waals surface area contributed by atoms with Crippen molar-refractivity contribution >= 4 is 23.5 Å². The van der Waals surface area contributed by atoms with Crippen LogP contribution in [0.5, 0.6) is 5.75 Å². The third-order valence-corrected chi connectivity index (χ3v) is 3.91. The summed E-state index contributed by atoms with van der Waals surface area (Å²) >= 11 is 0. The lowest BCUT2D eigenvalue weighted by Crippen LogP contribution is -2.29. The van der Waals surface area contributed by atoms with Gasteiger partial charge in [-0.3, -0.25) is 4.79 Å². The minimum atomic E-state index is -0.862. The summed E-state index contributed by atoms with van der Waals surface area (Å²) in [6.07, 6.45) is -0.862. The topological polar surface area (TPSA) is 90.9 Å². The predicted octanol–water partition coefficient (Wildman–Crippen LogP) is 3.04. The molecule has 7 nitrogen and oxygen atoms in total. The molecule has 7 heteroatoms. The quantitative estimate of drug-likeness (QED) is 0.737. The molecule has 0 spiro atoms. The molecule has 0 aromatic heterocycles. The van der Waals surface area contributed by atoms with Crippen LogP contribution in [0.1, 0.15) is 28.4 Å². The minimum absolute atomic E-state index is 0.306. The highest BCUT2D eigenvalue weighted by Gasteiger charge is 2.18. The van der Waals surface area contributed by atoms with E-state index in [4.69, 9.17) is 9.47 Å². The standard InChI is InChI=1S/C21H23NO6/c1-13-6-5-7-17(10-13)28-15(3)20(24)27-12-19(23)22-18-11-16(21(25)26-4)9-8-14(18)2/h5-11,15H,12H2,1-4H3,(H,22,23)/t15-/m1/s1. The van der Waals surface area contributed by atoms with Crippen LogP contribution in [0, 0.1) is 13.8 Å². The van der Waals surface area contributed by atoms with Crippen LogP contribution < -0.4 is 10.1 Å². The fourth-order valence-electron chi connectivity index (χ4n) is 2.38. The number of carbonyl (C=O) groups excluding carboxylic acids is 3. The normalized spacial score (nSPS) is 11.3. The Kier molecular flexibility index (Phi) is 7.14. The molecule has 2 rings (SSSR count). The predicted molar refractivity (Wildman–Crippen MR) is 103 cm³/mol. The lowest BCUT2D eigenvalue weighted by atomic mass is 10.1. The SMILES string of the molecule is COC(=O)c1ccc(C)c(NC(=O)COC(=O)[C@@H](C)Oc2cccc(C)c2)c1. The van der Waals surface area contributed by atoms with Crippen molar-refractivity contribution in [3.8, 4) is 5.75 Å². The van der Waals surface area contributed by atoms with Crippen molar-refractivity contribution in [3.05, 3.63) is 59.2 Å². The molecule has 0 unspecified atom stereocenters. The molecule has 28 heavy (non-hydrogen) atoms. The largest absolute Gasteiger partial charge is 0.479 e. The monoisotopic (exact) mass is 385 g/mol. The Morgan fingerprint density at radius 1 is 1.07 bits per heavy atom. The fraction of sp³-hybridized carbons (Fsp3) is 0.286.